The average Bonchev–Trinajstić information content (AvgIpc) is 2.47. The van der Waals surface area contributed by atoms with Crippen molar-refractivity contribution in [3.8, 4) is 6.07 Å². The Morgan fingerprint density at radius 3 is 3.11 bits per heavy atom. The van der Waals surface area contributed by atoms with E-state index in [4.69, 9.17) is 4.74 Å². The van der Waals surface area contributed by atoms with E-state index in [-0.39, 0.29) is 12.0 Å². The summed E-state index contributed by atoms with van der Waals surface area (Å²) < 4.78 is 4.74. The monoisotopic (exact) mass is 259 g/mol. The zero-order valence-corrected chi connectivity index (χ0v) is 10.9. The van der Waals surface area contributed by atoms with Gasteiger partial charge >= 0.3 is 5.97 Å². The number of nitrogens with zero attached hydrogens (tertiary/aromatic N) is 2. The lowest BCUT2D eigenvalue weighted by atomic mass is 10.1. The SMILES string of the molecule is COC(=O)CC1CNCCN1c1ccccc1C#N. The molecule has 19 heavy (non-hydrogen) atoms. The lowest BCUT2D eigenvalue weighted by molar-refractivity contribution is -0.141. The van der Waals surface area contributed by atoms with Gasteiger partial charge in [-0.15, -0.1) is 0 Å². The highest BCUT2D eigenvalue weighted by Gasteiger charge is 2.26. The molecule has 1 atom stereocenters. The van der Waals surface area contributed by atoms with E-state index in [1.54, 1.807) is 6.07 Å². The summed E-state index contributed by atoms with van der Waals surface area (Å²) in [6.07, 6.45) is 0.323. The number of piperazine rings is 1. The van der Waals surface area contributed by atoms with E-state index >= 15 is 0 Å². The van der Waals surface area contributed by atoms with Crippen molar-refractivity contribution in [1.29, 1.82) is 5.26 Å². The minimum Gasteiger partial charge on any atom is -0.469 e. The van der Waals surface area contributed by atoms with Crippen LogP contribution >= 0.6 is 0 Å². The molecule has 0 radical (unpaired) electrons. The molecular weight excluding hydrogens is 242 g/mol. The molecule has 0 aliphatic carbocycles. The summed E-state index contributed by atoms with van der Waals surface area (Å²) in [7, 11) is 1.39. The van der Waals surface area contributed by atoms with Gasteiger partial charge in [0.05, 0.1) is 30.8 Å². The molecule has 1 N–H and O–H groups in total. The van der Waals surface area contributed by atoms with Crippen LogP contribution in [0.25, 0.3) is 0 Å². The van der Waals surface area contributed by atoms with Gasteiger partial charge in [0.1, 0.15) is 6.07 Å². The maximum atomic E-state index is 11.5. The lowest BCUT2D eigenvalue weighted by Gasteiger charge is -2.37. The molecule has 0 saturated carbocycles. The lowest BCUT2D eigenvalue weighted by Crippen LogP contribution is -2.52. The Morgan fingerprint density at radius 2 is 2.37 bits per heavy atom. The molecule has 1 aliphatic heterocycles. The molecule has 100 valence electrons. The van der Waals surface area contributed by atoms with Gasteiger partial charge in [0.2, 0.25) is 0 Å². The second-order valence-electron chi connectivity index (χ2n) is 4.46. The molecule has 2 rings (SSSR count). The first-order valence-corrected chi connectivity index (χ1v) is 6.29. The fraction of sp³-hybridized carbons (Fsp3) is 0.429. The minimum absolute atomic E-state index is 0.0238. The number of methoxy groups -OCH3 is 1. The predicted molar refractivity (Wildman–Crippen MR) is 71.8 cm³/mol. The molecule has 1 heterocycles. The van der Waals surface area contributed by atoms with Gasteiger partial charge in [-0.2, -0.15) is 5.26 Å². The van der Waals surface area contributed by atoms with Crippen LogP contribution in [0.1, 0.15) is 12.0 Å². The Bertz CT molecular complexity index is 496. The fourth-order valence-corrected chi connectivity index (χ4v) is 2.35. The Balaban J connectivity index is 2.24. The van der Waals surface area contributed by atoms with E-state index in [1.165, 1.54) is 7.11 Å². The topological polar surface area (TPSA) is 65.4 Å². The van der Waals surface area contributed by atoms with E-state index in [0.29, 0.717) is 12.0 Å². The summed E-state index contributed by atoms with van der Waals surface area (Å²) in [5.74, 6) is -0.229. The fourth-order valence-electron chi connectivity index (χ4n) is 2.35. The number of para-hydroxylation sites is 1. The van der Waals surface area contributed by atoms with Crippen molar-refractivity contribution in [2.45, 2.75) is 12.5 Å². The van der Waals surface area contributed by atoms with Crippen molar-refractivity contribution in [2.75, 3.05) is 31.6 Å². The number of anilines is 1. The Kier molecular flexibility index (Phi) is 4.37. The molecule has 0 amide bonds. The van der Waals surface area contributed by atoms with Gasteiger partial charge < -0.3 is 15.0 Å². The largest absolute Gasteiger partial charge is 0.469 e. The smallest absolute Gasteiger partial charge is 0.307 e. The van der Waals surface area contributed by atoms with Crippen molar-refractivity contribution in [3.63, 3.8) is 0 Å². The molecule has 1 aromatic rings. The first-order valence-electron chi connectivity index (χ1n) is 6.29. The third kappa shape index (κ3) is 3.04. The summed E-state index contributed by atoms with van der Waals surface area (Å²) in [5, 5.41) is 12.4. The second-order valence-corrected chi connectivity index (χ2v) is 4.46. The number of carbonyl (C=O) groups is 1. The van der Waals surface area contributed by atoms with Gasteiger partial charge in [-0.05, 0) is 12.1 Å². The number of benzene rings is 1. The van der Waals surface area contributed by atoms with Crippen LogP contribution in [0.4, 0.5) is 5.69 Å². The van der Waals surface area contributed by atoms with Gasteiger partial charge in [-0.1, -0.05) is 12.1 Å². The molecule has 1 aromatic carbocycles. The van der Waals surface area contributed by atoms with Crippen molar-refractivity contribution >= 4 is 11.7 Å². The van der Waals surface area contributed by atoms with E-state index < -0.39 is 0 Å². The van der Waals surface area contributed by atoms with E-state index in [9.17, 15) is 10.1 Å². The number of carbonyl (C=O) groups excluding carboxylic acids is 1. The van der Waals surface area contributed by atoms with Gasteiger partial charge in [-0.3, -0.25) is 4.79 Å². The summed E-state index contributed by atoms with van der Waals surface area (Å²) in [5.41, 5.74) is 1.53. The number of ether oxygens (including phenoxy) is 1. The Labute approximate surface area is 112 Å². The van der Waals surface area contributed by atoms with Crippen molar-refractivity contribution in [3.05, 3.63) is 29.8 Å². The number of rotatable bonds is 3. The van der Waals surface area contributed by atoms with Crippen LogP contribution in [0.5, 0.6) is 0 Å². The Morgan fingerprint density at radius 1 is 1.58 bits per heavy atom. The van der Waals surface area contributed by atoms with Crippen molar-refractivity contribution in [2.24, 2.45) is 0 Å². The highest BCUT2D eigenvalue weighted by Crippen LogP contribution is 2.24. The molecule has 1 fully saturated rings. The second kappa shape index (κ2) is 6.21. The van der Waals surface area contributed by atoms with Crippen LogP contribution in [-0.2, 0) is 9.53 Å². The maximum absolute atomic E-state index is 11.5. The molecule has 0 spiro atoms. The van der Waals surface area contributed by atoms with E-state index in [1.807, 2.05) is 18.2 Å². The zero-order chi connectivity index (χ0) is 13.7. The summed E-state index contributed by atoms with van der Waals surface area (Å²) in [6.45, 7) is 2.34. The van der Waals surface area contributed by atoms with Crippen LogP contribution in [-0.4, -0.2) is 38.8 Å². The highest BCUT2D eigenvalue weighted by atomic mass is 16.5. The molecule has 0 aromatic heterocycles. The van der Waals surface area contributed by atoms with Crippen LogP contribution < -0.4 is 10.2 Å². The normalized spacial score (nSPS) is 18.7. The van der Waals surface area contributed by atoms with E-state index in [2.05, 4.69) is 16.3 Å². The molecular formula is C14H17N3O2. The molecule has 1 aliphatic rings. The first kappa shape index (κ1) is 13.4. The van der Waals surface area contributed by atoms with Gasteiger partial charge in [0, 0.05) is 19.6 Å². The van der Waals surface area contributed by atoms with Gasteiger partial charge in [0.15, 0.2) is 0 Å². The summed E-state index contributed by atoms with van der Waals surface area (Å²) >= 11 is 0. The van der Waals surface area contributed by atoms with Crippen molar-refractivity contribution in [1.82, 2.24) is 5.32 Å². The number of esters is 1. The Hall–Kier alpha value is -2.06. The number of nitrogens with one attached hydrogen (secondary N) is 1. The number of hydrogen-bond acceptors (Lipinski definition) is 5. The zero-order valence-electron chi connectivity index (χ0n) is 10.9. The highest BCUT2D eigenvalue weighted by molar-refractivity contribution is 5.71. The summed E-state index contributed by atoms with van der Waals surface area (Å²) in [4.78, 5) is 13.6. The molecule has 0 bridgehead atoms. The number of hydrogen-bond donors (Lipinski definition) is 1. The quantitative estimate of drug-likeness (QED) is 0.817. The molecule has 1 unspecified atom stereocenters. The van der Waals surface area contributed by atoms with Crippen LogP contribution in [0.2, 0.25) is 0 Å². The first-order chi connectivity index (χ1) is 9.26. The van der Waals surface area contributed by atoms with Crippen molar-refractivity contribution < 1.29 is 9.53 Å². The minimum atomic E-state index is -0.229. The molecule has 5 nitrogen and oxygen atoms in total. The summed E-state index contributed by atoms with van der Waals surface area (Å²) in [6, 6.07) is 9.71. The number of nitriles is 1. The van der Waals surface area contributed by atoms with E-state index in [0.717, 1.165) is 25.3 Å². The van der Waals surface area contributed by atoms with Crippen LogP contribution in [0.15, 0.2) is 24.3 Å². The molecule has 1 saturated heterocycles. The third-order valence-electron chi connectivity index (χ3n) is 3.31. The maximum Gasteiger partial charge on any atom is 0.307 e. The average molecular weight is 259 g/mol. The van der Waals surface area contributed by atoms with Crippen LogP contribution in [0, 0.1) is 11.3 Å². The third-order valence-corrected chi connectivity index (χ3v) is 3.31. The van der Waals surface area contributed by atoms with Crippen LogP contribution in [0.3, 0.4) is 0 Å². The van der Waals surface area contributed by atoms with Gasteiger partial charge in [-0.25, -0.2) is 0 Å². The van der Waals surface area contributed by atoms with Gasteiger partial charge in [0.25, 0.3) is 0 Å². The predicted octanol–water partition coefficient (Wildman–Crippen LogP) is 0.900. The standard InChI is InChI=1S/C14H17N3O2/c1-19-14(18)8-12-10-16-6-7-17(12)13-5-3-2-4-11(13)9-15/h2-5,12,16H,6-8,10H2,1H3. The molecule has 5 heteroatoms.